The van der Waals surface area contributed by atoms with Crippen LogP contribution in [0.1, 0.15) is 60.2 Å². The lowest BCUT2D eigenvalue weighted by Crippen LogP contribution is -2.36. The summed E-state index contributed by atoms with van der Waals surface area (Å²) in [4.78, 5) is 40.9. The molecule has 0 aliphatic rings. The maximum Gasteiger partial charge on any atom is 0.346 e. The van der Waals surface area contributed by atoms with E-state index in [-0.39, 0.29) is 16.2 Å². The molecule has 1 amide bonds. The Morgan fingerprint density at radius 1 is 1.39 bits per heavy atom. The van der Waals surface area contributed by atoms with Gasteiger partial charge in [0.15, 0.2) is 0 Å². The molecular formula is C15H19N3O4S. The van der Waals surface area contributed by atoms with Gasteiger partial charge < -0.3 is 10.8 Å². The van der Waals surface area contributed by atoms with E-state index in [9.17, 15) is 19.5 Å². The molecule has 0 aromatic carbocycles. The Balaban J connectivity index is 2.95. The van der Waals surface area contributed by atoms with Crippen LogP contribution in [0.15, 0.2) is 4.79 Å². The second-order valence-corrected chi connectivity index (χ2v) is 6.67. The van der Waals surface area contributed by atoms with E-state index in [4.69, 9.17) is 5.73 Å². The van der Waals surface area contributed by atoms with Crippen LogP contribution in [0.5, 0.6) is 0 Å². The zero-order valence-corrected chi connectivity index (χ0v) is 14.2. The van der Waals surface area contributed by atoms with Crippen molar-refractivity contribution in [2.45, 2.75) is 46.1 Å². The number of primary amides is 1. The number of amides is 1. The van der Waals surface area contributed by atoms with Crippen LogP contribution in [0.25, 0.3) is 10.2 Å². The SMILES string of the molecule is CCC(C(N)=O)n1c(C(C)C)nc2sc(C(=O)O)c(C)c2c1=O. The Bertz CT molecular complexity index is 851. The topological polar surface area (TPSA) is 115 Å². The molecule has 2 rings (SSSR count). The lowest BCUT2D eigenvalue weighted by molar-refractivity contribution is -0.121. The maximum atomic E-state index is 12.9. The monoisotopic (exact) mass is 337 g/mol. The number of rotatable bonds is 5. The van der Waals surface area contributed by atoms with Crippen molar-refractivity contribution < 1.29 is 14.7 Å². The molecule has 1 unspecified atom stereocenters. The summed E-state index contributed by atoms with van der Waals surface area (Å²) in [6.45, 7) is 7.06. The highest BCUT2D eigenvalue weighted by Gasteiger charge is 2.27. The van der Waals surface area contributed by atoms with Crippen LogP contribution in [-0.2, 0) is 4.79 Å². The van der Waals surface area contributed by atoms with Crippen molar-refractivity contribution in [2.75, 3.05) is 0 Å². The number of carboxylic acids is 1. The molecule has 2 aromatic rings. The number of fused-ring (bicyclic) bond motifs is 1. The number of aromatic carboxylic acids is 1. The van der Waals surface area contributed by atoms with Gasteiger partial charge in [0, 0.05) is 5.92 Å². The van der Waals surface area contributed by atoms with E-state index in [0.717, 1.165) is 11.3 Å². The van der Waals surface area contributed by atoms with E-state index in [1.807, 2.05) is 13.8 Å². The number of hydrogen-bond donors (Lipinski definition) is 2. The number of nitrogens with two attached hydrogens (primary N) is 1. The van der Waals surface area contributed by atoms with Crippen molar-refractivity contribution >= 4 is 33.4 Å². The minimum atomic E-state index is -1.09. The van der Waals surface area contributed by atoms with Crippen molar-refractivity contribution in [1.29, 1.82) is 0 Å². The number of nitrogens with zero attached hydrogens (tertiary/aromatic N) is 2. The van der Waals surface area contributed by atoms with Crippen LogP contribution in [0.2, 0.25) is 0 Å². The van der Waals surface area contributed by atoms with Crippen LogP contribution >= 0.6 is 11.3 Å². The number of thiophene rings is 1. The predicted molar refractivity (Wildman–Crippen MR) is 88.2 cm³/mol. The number of carbonyl (C=O) groups excluding carboxylic acids is 1. The van der Waals surface area contributed by atoms with Crippen molar-refractivity contribution in [3.05, 3.63) is 26.6 Å². The molecule has 0 spiro atoms. The fourth-order valence-corrected chi connectivity index (χ4v) is 3.65. The minimum Gasteiger partial charge on any atom is -0.477 e. The maximum absolute atomic E-state index is 12.9. The highest BCUT2D eigenvalue weighted by molar-refractivity contribution is 7.20. The average molecular weight is 337 g/mol. The molecule has 1 atom stereocenters. The summed E-state index contributed by atoms with van der Waals surface area (Å²) in [5, 5.41) is 9.50. The fourth-order valence-electron chi connectivity index (χ4n) is 2.63. The lowest BCUT2D eigenvalue weighted by atomic mass is 10.1. The van der Waals surface area contributed by atoms with Gasteiger partial charge in [0.25, 0.3) is 5.56 Å². The molecule has 23 heavy (non-hydrogen) atoms. The van der Waals surface area contributed by atoms with E-state index in [1.54, 1.807) is 13.8 Å². The van der Waals surface area contributed by atoms with E-state index in [0.29, 0.717) is 22.6 Å². The zero-order chi connectivity index (χ0) is 17.5. The third kappa shape index (κ3) is 2.74. The molecule has 2 heterocycles. The van der Waals surface area contributed by atoms with E-state index in [2.05, 4.69) is 4.98 Å². The summed E-state index contributed by atoms with van der Waals surface area (Å²) in [6, 6.07) is -0.802. The Kier molecular flexibility index (Phi) is 4.56. The first kappa shape index (κ1) is 17.1. The van der Waals surface area contributed by atoms with Gasteiger partial charge in [-0.15, -0.1) is 11.3 Å². The van der Waals surface area contributed by atoms with Crippen LogP contribution in [0.3, 0.4) is 0 Å². The Morgan fingerprint density at radius 2 is 2.00 bits per heavy atom. The zero-order valence-electron chi connectivity index (χ0n) is 13.4. The Labute approximate surface area is 136 Å². The van der Waals surface area contributed by atoms with Gasteiger partial charge in [-0.05, 0) is 18.9 Å². The van der Waals surface area contributed by atoms with E-state index in [1.165, 1.54) is 4.57 Å². The second kappa shape index (κ2) is 6.11. The van der Waals surface area contributed by atoms with Gasteiger partial charge in [-0.25, -0.2) is 9.78 Å². The van der Waals surface area contributed by atoms with E-state index < -0.39 is 23.5 Å². The number of carbonyl (C=O) groups is 2. The number of hydrogen-bond acceptors (Lipinski definition) is 5. The minimum absolute atomic E-state index is 0.0872. The molecule has 8 heteroatoms. The van der Waals surface area contributed by atoms with Gasteiger partial charge >= 0.3 is 5.97 Å². The van der Waals surface area contributed by atoms with Crippen LogP contribution < -0.4 is 11.3 Å². The van der Waals surface area contributed by atoms with E-state index >= 15 is 0 Å². The summed E-state index contributed by atoms with van der Waals surface area (Å²) in [5.41, 5.74) is 5.40. The molecule has 0 aliphatic heterocycles. The smallest absolute Gasteiger partial charge is 0.346 e. The van der Waals surface area contributed by atoms with Crippen molar-refractivity contribution in [1.82, 2.24) is 9.55 Å². The van der Waals surface area contributed by atoms with Gasteiger partial charge in [0.2, 0.25) is 5.91 Å². The van der Waals surface area contributed by atoms with Gasteiger partial charge in [-0.2, -0.15) is 0 Å². The lowest BCUT2D eigenvalue weighted by Gasteiger charge is -2.20. The molecule has 0 saturated carbocycles. The standard InChI is InChI=1S/C15H19N3O4S/c1-5-8(11(16)19)18-12(6(2)3)17-13-9(14(18)20)7(4)10(23-13)15(21)22/h6,8H,5H2,1-4H3,(H2,16,19)(H,21,22). The molecule has 2 aromatic heterocycles. The summed E-state index contributed by atoms with van der Waals surface area (Å²) in [7, 11) is 0. The highest BCUT2D eigenvalue weighted by Crippen LogP contribution is 2.29. The first-order valence-electron chi connectivity index (χ1n) is 7.28. The van der Waals surface area contributed by atoms with Crippen LogP contribution in [-0.4, -0.2) is 26.5 Å². The van der Waals surface area contributed by atoms with Gasteiger partial charge in [0.1, 0.15) is 21.6 Å². The second-order valence-electron chi connectivity index (χ2n) is 5.67. The number of carboxylic acid groups (broad SMARTS) is 1. The van der Waals surface area contributed by atoms with Crippen LogP contribution in [0, 0.1) is 6.92 Å². The molecule has 0 fully saturated rings. The molecule has 0 aliphatic carbocycles. The summed E-state index contributed by atoms with van der Waals surface area (Å²) < 4.78 is 1.32. The predicted octanol–water partition coefficient (Wildman–Crippen LogP) is 2.02. The highest BCUT2D eigenvalue weighted by atomic mass is 32.1. The van der Waals surface area contributed by atoms with Gasteiger partial charge in [0.05, 0.1) is 5.39 Å². The normalized spacial score (nSPS) is 12.7. The van der Waals surface area contributed by atoms with Gasteiger partial charge in [-0.1, -0.05) is 20.8 Å². The molecule has 0 bridgehead atoms. The molecule has 124 valence electrons. The molecule has 7 nitrogen and oxygen atoms in total. The van der Waals surface area contributed by atoms with Crippen molar-refractivity contribution in [2.24, 2.45) is 5.73 Å². The van der Waals surface area contributed by atoms with Crippen LogP contribution in [0.4, 0.5) is 0 Å². The summed E-state index contributed by atoms with van der Waals surface area (Å²) in [5.74, 6) is -1.38. The number of aromatic nitrogens is 2. The molecule has 0 radical (unpaired) electrons. The molecule has 0 saturated heterocycles. The quantitative estimate of drug-likeness (QED) is 0.866. The molecule has 3 N–H and O–H groups in total. The average Bonchev–Trinajstić information content (AvgIpc) is 2.78. The van der Waals surface area contributed by atoms with Gasteiger partial charge in [-0.3, -0.25) is 14.2 Å². The Hall–Kier alpha value is -2.22. The summed E-state index contributed by atoms with van der Waals surface area (Å²) in [6.07, 6.45) is 0.358. The number of aryl methyl sites for hydroxylation is 1. The third-order valence-corrected chi connectivity index (χ3v) is 4.93. The first-order chi connectivity index (χ1) is 10.7. The summed E-state index contributed by atoms with van der Waals surface area (Å²) >= 11 is 0.974. The largest absolute Gasteiger partial charge is 0.477 e. The first-order valence-corrected chi connectivity index (χ1v) is 8.10. The van der Waals surface area contributed by atoms with Crippen molar-refractivity contribution in [3.63, 3.8) is 0 Å². The molecular weight excluding hydrogens is 318 g/mol. The van der Waals surface area contributed by atoms with Crippen molar-refractivity contribution in [3.8, 4) is 0 Å². The fraction of sp³-hybridized carbons (Fsp3) is 0.467. The Morgan fingerprint density at radius 3 is 2.43 bits per heavy atom. The third-order valence-electron chi connectivity index (χ3n) is 3.76.